The molecule has 2 aromatic rings. The summed E-state index contributed by atoms with van der Waals surface area (Å²) in [5.41, 5.74) is 2.75. The Bertz CT molecular complexity index is 743. The van der Waals surface area contributed by atoms with Crippen LogP contribution in [-0.4, -0.2) is 71.1 Å². The zero-order valence-corrected chi connectivity index (χ0v) is 15.2. The van der Waals surface area contributed by atoms with Crippen LogP contribution in [0.15, 0.2) is 30.5 Å². The van der Waals surface area contributed by atoms with Crippen LogP contribution in [0.1, 0.15) is 27.5 Å². The number of aryl methyl sites for hydroxylation is 1. The number of carbonyl (C=O) groups is 1. The molecule has 1 amide bonds. The first-order valence-corrected chi connectivity index (χ1v) is 8.40. The van der Waals surface area contributed by atoms with Crippen LogP contribution < -0.4 is 0 Å². The van der Waals surface area contributed by atoms with Crippen LogP contribution in [0.3, 0.4) is 0 Å². The number of ether oxygens (including phenoxy) is 1. The second kappa shape index (κ2) is 7.33. The number of hydrogen-bond acceptors (Lipinski definition) is 5. The highest BCUT2D eigenvalue weighted by Crippen LogP contribution is 2.29. The van der Waals surface area contributed by atoms with Crippen LogP contribution in [0, 0.1) is 0 Å². The molecule has 1 fully saturated rings. The standard InChI is InChI=1S/C18H25N5O2/c1-21(2)18(24)14-8-6-5-7-13(14)9-23-10-15(17(12-23)25-4)16-11-22(3)20-19-16/h5-8,11,15,17H,9-10,12H2,1-4H3/t15-,17+/m0/s1. The van der Waals surface area contributed by atoms with Crippen LogP contribution in [-0.2, 0) is 18.3 Å². The lowest BCUT2D eigenvalue weighted by atomic mass is 10.0. The molecule has 0 N–H and O–H groups in total. The van der Waals surface area contributed by atoms with Gasteiger partial charge in [-0.1, -0.05) is 23.4 Å². The number of benzene rings is 1. The molecule has 0 radical (unpaired) electrons. The Kier molecular flexibility index (Phi) is 5.15. The highest BCUT2D eigenvalue weighted by atomic mass is 16.5. The van der Waals surface area contributed by atoms with Gasteiger partial charge in [0.2, 0.25) is 0 Å². The Balaban J connectivity index is 1.77. The third kappa shape index (κ3) is 3.72. The number of likely N-dealkylation sites (tertiary alicyclic amines) is 1. The number of carbonyl (C=O) groups excluding carboxylic acids is 1. The lowest BCUT2D eigenvalue weighted by Gasteiger charge is -2.19. The molecule has 25 heavy (non-hydrogen) atoms. The lowest BCUT2D eigenvalue weighted by molar-refractivity contribution is 0.0825. The highest BCUT2D eigenvalue weighted by molar-refractivity contribution is 5.95. The van der Waals surface area contributed by atoms with E-state index < -0.39 is 0 Å². The van der Waals surface area contributed by atoms with E-state index in [0.717, 1.165) is 29.9 Å². The van der Waals surface area contributed by atoms with E-state index in [2.05, 4.69) is 15.2 Å². The summed E-state index contributed by atoms with van der Waals surface area (Å²) in [6.07, 6.45) is 2.03. The maximum absolute atomic E-state index is 12.4. The highest BCUT2D eigenvalue weighted by Gasteiger charge is 2.36. The second-order valence-electron chi connectivity index (χ2n) is 6.75. The summed E-state index contributed by atoms with van der Waals surface area (Å²) >= 11 is 0. The fourth-order valence-electron chi connectivity index (χ4n) is 3.39. The summed E-state index contributed by atoms with van der Waals surface area (Å²) in [5.74, 6) is 0.221. The largest absolute Gasteiger partial charge is 0.379 e. The number of rotatable bonds is 5. The minimum atomic E-state index is 0.0311. The van der Waals surface area contributed by atoms with Crippen LogP contribution in [0.5, 0.6) is 0 Å². The number of nitrogens with zero attached hydrogens (tertiary/aromatic N) is 5. The average molecular weight is 343 g/mol. The third-order valence-corrected chi connectivity index (χ3v) is 4.69. The summed E-state index contributed by atoms with van der Waals surface area (Å²) in [6, 6.07) is 7.80. The fourth-order valence-corrected chi connectivity index (χ4v) is 3.39. The van der Waals surface area contributed by atoms with Gasteiger partial charge >= 0.3 is 0 Å². The molecule has 1 aromatic heterocycles. The van der Waals surface area contributed by atoms with Gasteiger partial charge in [-0.05, 0) is 11.6 Å². The number of hydrogen-bond donors (Lipinski definition) is 0. The number of amides is 1. The molecule has 0 aliphatic carbocycles. The van der Waals surface area contributed by atoms with Crippen molar-refractivity contribution in [3.8, 4) is 0 Å². The first kappa shape index (κ1) is 17.6. The molecule has 7 heteroatoms. The lowest BCUT2D eigenvalue weighted by Crippen LogP contribution is -2.26. The number of methoxy groups -OCH3 is 1. The molecule has 3 rings (SSSR count). The summed E-state index contributed by atoms with van der Waals surface area (Å²) in [6.45, 7) is 2.36. The minimum absolute atomic E-state index is 0.0311. The molecule has 1 aliphatic heterocycles. The van der Waals surface area contributed by atoms with Gasteiger partial charge in [-0.25, -0.2) is 0 Å². The Morgan fingerprint density at radius 3 is 2.72 bits per heavy atom. The second-order valence-corrected chi connectivity index (χ2v) is 6.75. The zero-order chi connectivity index (χ0) is 18.0. The molecule has 1 saturated heterocycles. The molecule has 2 atom stereocenters. The van der Waals surface area contributed by atoms with Crippen molar-refractivity contribution in [2.75, 3.05) is 34.3 Å². The van der Waals surface area contributed by atoms with Crippen molar-refractivity contribution in [1.82, 2.24) is 24.8 Å². The van der Waals surface area contributed by atoms with Crippen molar-refractivity contribution in [3.63, 3.8) is 0 Å². The van der Waals surface area contributed by atoms with Gasteiger partial charge in [-0.3, -0.25) is 14.4 Å². The molecule has 2 heterocycles. The first-order chi connectivity index (χ1) is 12.0. The number of aromatic nitrogens is 3. The maximum Gasteiger partial charge on any atom is 0.253 e. The smallest absolute Gasteiger partial charge is 0.253 e. The molecular formula is C18H25N5O2. The molecule has 0 saturated carbocycles. The molecule has 134 valence electrons. The van der Waals surface area contributed by atoms with Crippen LogP contribution in [0.2, 0.25) is 0 Å². The Morgan fingerprint density at radius 2 is 2.08 bits per heavy atom. The quantitative estimate of drug-likeness (QED) is 0.814. The van der Waals surface area contributed by atoms with E-state index in [9.17, 15) is 4.79 Å². The fraction of sp³-hybridized carbons (Fsp3) is 0.500. The van der Waals surface area contributed by atoms with Gasteiger partial charge in [0.1, 0.15) is 0 Å². The molecule has 0 unspecified atom stereocenters. The molecule has 1 aromatic carbocycles. The van der Waals surface area contributed by atoms with Gasteiger partial charge in [-0.2, -0.15) is 0 Å². The van der Waals surface area contributed by atoms with Crippen molar-refractivity contribution < 1.29 is 9.53 Å². The third-order valence-electron chi connectivity index (χ3n) is 4.69. The Hall–Kier alpha value is -2.25. The van der Waals surface area contributed by atoms with E-state index in [0.29, 0.717) is 6.54 Å². The van der Waals surface area contributed by atoms with Gasteiger partial charge in [0.05, 0.1) is 11.8 Å². The topological polar surface area (TPSA) is 63.5 Å². The summed E-state index contributed by atoms with van der Waals surface area (Å²) in [4.78, 5) is 16.3. The van der Waals surface area contributed by atoms with Crippen molar-refractivity contribution >= 4 is 5.91 Å². The van der Waals surface area contributed by atoms with Gasteiger partial charge in [-0.15, -0.1) is 5.10 Å². The Labute approximate surface area is 148 Å². The van der Waals surface area contributed by atoms with Crippen LogP contribution in [0.25, 0.3) is 0 Å². The molecule has 1 aliphatic rings. The average Bonchev–Trinajstić information content (AvgIpc) is 3.20. The van der Waals surface area contributed by atoms with E-state index in [-0.39, 0.29) is 17.9 Å². The predicted octanol–water partition coefficient (Wildman–Crippen LogP) is 1.13. The van der Waals surface area contributed by atoms with Gasteiger partial charge < -0.3 is 9.64 Å². The molecule has 0 spiro atoms. The Morgan fingerprint density at radius 1 is 1.32 bits per heavy atom. The van der Waals surface area contributed by atoms with Gasteiger partial charge in [0, 0.05) is 65.6 Å². The summed E-state index contributed by atoms with van der Waals surface area (Å²) in [7, 11) is 7.16. The normalized spacial score (nSPS) is 20.8. The van der Waals surface area contributed by atoms with Gasteiger partial charge in [0.25, 0.3) is 5.91 Å². The maximum atomic E-state index is 12.4. The van der Waals surface area contributed by atoms with Crippen molar-refractivity contribution in [1.29, 1.82) is 0 Å². The van der Waals surface area contributed by atoms with Crippen molar-refractivity contribution in [2.24, 2.45) is 7.05 Å². The summed E-state index contributed by atoms with van der Waals surface area (Å²) in [5, 5.41) is 8.29. The van der Waals surface area contributed by atoms with Crippen LogP contribution in [0.4, 0.5) is 0 Å². The van der Waals surface area contributed by atoms with E-state index in [1.807, 2.05) is 37.5 Å². The molecular weight excluding hydrogens is 318 g/mol. The SMILES string of the molecule is CO[C@@H]1CN(Cc2ccccc2C(=O)N(C)C)C[C@H]1c1cn(C)nn1. The molecule has 7 nitrogen and oxygen atoms in total. The van der Waals surface area contributed by atoms with Crippen molar-refractivity contribution in [2.45, 2.75) is 18.6 Å². The zero-order valence-electron chi connectivity index (χ0n) is 15.2. The van der Waals surface area contributed by atoms with Crippen LogP contribution >= 0.6 is 0 Å². The van der Waals surface area contributed by atoms with E-state index >= 15 is 0 Å². The summed E-state index contributed by atoms with van der Waals surface area (Å²) < 4.78 is 7.40. The van der Waals surface area contributed by atoms with E-state index in [4.69, 9.17) is 4.74 Å². The molecule has 0 bridgehead atoms. The van der Waals surface area contributed by atoms with Crippen molar-refractivity contribution in [3.05, 3.63) is 47.3 Å². The van der Waals surface area contributed by atoms with E-state index in [1.54, 1.807) is 30.8 Å². The monoisotopic (exact) mass is 343 g/mol. The van der Waals surface area contributed by atoms with E-state index in [1.165, 1.54) is 0 Å². The minimum Gasteiger partial charge on any atom is -0.379 e. The van der Waals surface area contributed by atoms with Gasteiger partial charge in [0.15, 0.2) is 0 Å². The predicted molar refractivity (Wildman–Crippen MR) is 94.3 cm³/mol. The first-order valence-electron chi connectivity index (χ1n) is 8.40.